The molecule has 1 N–H and O–H groups in total. The fraction of sp³-hybridized carbons (Fsp3) is 0.650. The molecular weight excluding hydrogens is 360 g/mol. The molecule has 27 heavy (non-hydrogen) atoms. The molecule has 2 saturated carbocycles. The van der Waals surface area contributed by atoms with Crippen molar-refractivity contribution < 1.29 is 9.21 Å². The molecule has 2 bridgehead atoms. The molecule has 2 aromatic heterocycles. The molecule has 0 saturated heterocycles. The zero-order valence-electron chi connectivity index (χ0n) is 16.2. The van der Waals surface area contributed by atoms with Gasteiger partial charge in [-0.05, 0) is 69.9 Å². The predicted octanol–water partition coefficient (Wildman–Crippen LogP) is 3.98. The van der Waals surface area contributed by atoms with Crippen molar-refractivity contribution in [1.29, 1.82) is 0 Å². The van der Waals surface area contributed by atoms with E-state index in [4.69, 9.17) is 4.42 Å². The number of rotatable bonds is 7. The van der Waals surface area contributed by atoms with Gasteiger partial charge in [0.25, 0.3) is 0 Å². The number of nitrogens with one attached hydrogen (secondary N) is 1. The van der Waals surface area contributed by atoms with Gasteiger partial charge in [0.15, 0.2) is 16.7 Å². The van der Waals surface area contributed by atoms with E-state index in [0.717, 1.165) is 23.5 Å². The standard InChI is InChI=1S/C20H28N4O2S/c1-4-24-18(17-6-5-9-26-17)22-23-20(24)27-13(3)19(25)21-12(2)16-11-14-7-8-15(16)10-14/h5-6,9,12-16H,4,7-8,10-11H2,1-3H3,(H,21,25). The molecule has 146 valence electrons. The van der Waals surface area contributed by atoms with Crippen LogP contribution in [0.1, 0.15) is 46.5 Å². The van der Waals surface area contributed by atoms with Crippen LogP contribution in [0.25, 0.3) is 11.6 Å². The summed E-state index contributed by atoms with van der Waals surface area (Å²) in [6.07, 6.45) is 7.01. The Morgan fingerprint density at radius 3 is 2.85 bits per heavy atom. The van der Waals surface area contributed by atoms with Crippen LogP contribution in [-0.4, -0.2) is 32.0 Å². The minimum absolute atomic E-state index is 0.0838. The topological polar surface area (TPSA) is 73.0 Å². The van der Waals surface area contributed by atoms with Crippen molar-refractivity contribution in [2.45, 2.75) is 69.4 Å². The Balaban J connectivity index is 1.38. The van der Waals surface area contributed by atoms with Crippen LogP contribution in [0.5, 0.6) is 0 Å². The van der Waals surface area contributed by atoms with Crippen LogP contribution < -0.4 is 5.32 Å². The van der Waals surface area contributed by atoms with Gasteiger partial charge in [0.2, 0.25) is 5.91 Å². The molecule has 7 heteroatoms. The largest absolute Gasteiger partial charge is 0.461 e. The number of fused-ring (bicyclic) bond motifs is 2. The van der Waals surface area contributed by atoms with E-state index in [1.54, 1.807) is 6.26 Å². The molecule has 5 unspecified atom stereocenters. The molecule has 4 rings (SSSR count). The van der Waals surface area contributed by atoms with Gasteiger partial charge in [-0.3, -0.25) is 9.36 Å². The Kier molecular flexibility index (Phi) is 5.30. The first-order chi connectivity index (χ1) is 13.1. The van der Waals surface area contributed by atoms with Crippen molar-refractivity contribution >= 4 is 17.7 Å². The van der Waals surface area contributed by atoms with Gasteiger partial charge in [-0.25, -0.2) is 0 Å². The number of carbonyl (C=O) groups is 1. The molecule has 0 spiro atoms. The first-order valence-electron chi connectivity index (χ1n) is 10.0. The summed E-state index contributed by atoms with van der Waals surface area (Å²) in [6.45, 7) is 6.88. The third-order valence-corrected chi connectivity index (χ3v) is 7.31. The Labute approximate surface area is 164 Å². The molecular formula is C20H28N4O2S. The summed E-state index contributed by atoms with van der Waals surface area (Å²) in [5.41, 5.74) is 0. The number of carbonyl (C=O) groups excluding carboxylic acids is 1. The second-order valence-electron chi connectivity index (χ2n) is 7.92. The van der Waals surface area contributed by atoms with Crippen molar-refractivity contribution in [1.82, 2.24) is 20.1 Å². The van der Waals surface area contributed by atoms with Crippen LogP contribution in [-0.2, 0) is 11.3 Å². The molecule has 0 aliphatic heterocycles. The number of hydrogen-bond acceptors (Lipinski definition) is 5. The summed E-state index contributed by atoms with van der Waals surface area (Å²) in [5.74, 6) is 3.84. The van der Waals surface area contributed by atoms with Crippen LogP contribution in [0.4, 0.5) is 0 Å². The van der Waals surface area contributed by atoms with E-state index in [-0.39, 0.29) is 17.2 Å². The maximum atomic E-state index is 12.7. The lowest BCUT2D eigenvalue weighted by atomic mass is 9.84. The van der Waals surface area contributed by atoms with Gasteiger partial charge in [-0.2, -0.15) is 0 Å². The summed E-state index contributed by atoms with van der Waals surface area (Å²) >= 11 is 1.46. The quantitative estimate of drug-likeness (QED) is 0.726. The fourth-order valence-corrected chi connectivity index (χ4v) is 5.74. The number of hydrogen-bond donors (Lipinski definition) is 1. The Morgan fingerprint density at radius 1 is 1.37 bits per heavy atom. The van der Waals surface area contributed by atoms with Crippen LogP contribution in [0.15, 0.2) is 28.0 Å². The van der Waals surface area contributed by atoms with Crippen molar-refractivity contribution in [2.75, 3.05) is 0 Å². The molecule has 2 heterocycles. The van der Waals surface area contributed by atoms with Crippen LogP contribution in [0.3, 0.4) is 0 Å². The maximum Gasteiger partial charge on any atom is 0.233 e. The number of amides is 1. The highest BCUT2D eigenvalue weighted by atomic mass is 32.2. The number of aromatic nitrogens is 3. The molecule has 2 aromatic rings. The smallest absolute Gasteiger partial charge is 0.233 e. The third kappa shape index (κ3) is 3.66. The molecule has 2 aliphatic rings. The van der Waals surface area contributed by atoms with Crippen molar-refractivity contribution in [2.24, 2.45) is 17.8 Å². The van der Waals surface area contributed by atoms with Gasteiger partial charge in [0.05, 0.1) is 11.5 Å². The molecule has 2 aliphatic carbocycles. The molecule has 0 radical (unpaired) electrons. The summed E-state index contributed by atoms with van der Waals surface area (Å²) in [5, 5.41) is 12.3. The van der Waals surface area contributed by atoms with E-state index in [2.05, 4.69) is 22.4 Å². The van der Waals surface area contributed by atoms with Gasteiger partial charge in [0, 0.05) is 12.6 Å². The van der Waals surface area contributed by atoms with E-state index < -0.39 is 0 Å². The predicted molar refractivity (Wildman–Crippen MR) is 105 cm³/mol. The van der Waals surface area contributed by atoms with Crippen LogP contribution in [0.2, 0.25) is 0 Å². The molecule has 6 nitrogen and oxygen atoms in total. The van der Waals surface area contributed by atoms with Gasteiger partial charge in [-0.15, -0.1) is 10.2 Å². The molecule has 1 amide bonds. The zero-order chi connectivity index (χ0) is 19.0. The van der Waals surface area contributed by atoms with Gasteiger partial charge < -0.3 is 9.73 Å². The molecule has 2 fully saturated rings. The summed E-state index contributed by atoms with van der Waals surface area (Å²) in [7, 11) is 0. The van der Waals surface area contributed by atoms with E-state index in [1.807, 2.05) is 30.5 Å². The number of furan rings is 1. The van der Waals surface area contributed by atoms with Crippen LogP contribution in [0, 0.1) is 17.8 Å². The SMILES string of the molecule is CCn1c(SC(C)C(=O)NC(C)C2CC3CCC2C3)nnc1-c1ccco1. The highest BCUT2D eigenvalue weighted by Gasteiger charge is 2.42. The van der Waals surface area contributed by atoms with E-state index in [1.165, 1.54) is 37.4 Å². The first-order valence-corrected chi connectivity index (χ1v) is 10.9. The Bertz CT molecular complexity index is 788. The summed E-state index contributed by atoms with van der Waals surface area (Å²) < 4.78 is 7.44. The Morgan fingerprint density at radius 2 is 2.22 bits per heavy atom. The van der Waals surface area contributed by atoms with Crippen LogP contribution >= 0.6 is 11.8 Å². The summed E-state index contributed by atoms with van der Waals surface area (Å²) in [4.78, 5) is 12.7. The second kappa shape index (κ2) is 7.70. The van der Waals surface area contributed by atoms with Crippen molar-refractivity contribution in [3.8, 4) is 11.6 Å². The maximum absolute atomic E-state index is 12.7. The average Bonchev–Trinajstić information content (AvgIpc) is 3.43. The zero-order valence-corrected chi connectivity index (χ0v) is 17.0. The molecule has 5 atom stereocenters. The number of nitrogens with zero attached hydrogens (tertiary/aromatic N) is 3. The Hall–Kier alpha value is -1.76. The highest BCUT2D eigenvalue weighted by molar-refractivity contribution is 8.00. The highest BCUT2D eigenvalue weighted by Crippen LogP contribution is 2.49. The van der Waals surface area contributed by atoms with E-state index in [9.17, 15) is 4.79 Å². The lowest BCUT2D eigenvalue weighted by molar-refractivity contribution is -0.121. The lowest BCUT2D eigenvalue weighted by Gasteiger charge is -2.29. The van der Waals surface area contributed by atoms with Gasteiger partial charge >= 0.3 is 0 Å². The number of thioether (sulfide) groups is 1. The normalized spacial score (nSPS) is 26.3. The lowest BCUT2D eigenvalue weighted by Crippen LogP contribution is -2.43. The minimum atomic E-state index is -0.218. The van der Waals surface area contributed by atoms with Crippen molar-refractivity contribution in [3.63, 3.8) is 0 Å². The second-order valence-corrected chi connectivity index (χ2v) is 9.23. The van der Waals surface area contributed by atoms with Gasteiger partial charge in [0.1, 0.15) is 0 Å². The molecule has 0 aromatic carbocycles. The average molecular weight is 389 g/mol. The van der Waals surface area contributed by atoms with Gasteiger partial charge in [-0.1, -0.05) is 18.2 Å². The van der Waals surface area contributed by atoms with E-state index >= 15 is 0 Å². The fourth-order valence-electron chi connectivity index (χ4n) is 4.82. The van der Waals surface area contributed by atoms with E-state index in [0.29, 0.717) is 17.5 Å². The minimum Gasteiger partial charge on any atom is -0.461 e. The monoisotopic (exact) mass is 388 g/mol. The first kappa shape index (κ1) is 18.6. The van der Waals surface area contributed by atoms with Crippen molar-refractivity contribution in [3.05, 3.63) is 18.4 Å². The summed E-state index contributed by atoms with van der Waals surface area (Å²) in [6, 6.07) is 3.96. The third-order valence-electron chi connectivity index (χ3n) is 6.23.